The van der Waals surface area contributed by atoms with Crippen LogP contribution in [-0.4, -0.2) is 75.7 Å². The van der Waals surface area contributed by atoms with Gasteiger partial charge in [-0.1, -0.05) is 18.9 Å². The van der Waals surface area contributed by atoms with Crippen molar-refractivity contribution in [2.45, 2.75) is 49.1 Å². The van der Waals surface area contributed by atoms with Gasteiger partial charge in [0.05, 0.1) is 30.1 Å². The number of sulfonamides is 1. The Balaban J connectivity index is 1.85. The van der Waals surface area contributed by atoms with Crippen molar-refractivity contribution in [3.8, 4) is 5.75 Å². The van der Waals surface area contributed by atoms with Gasteiger partial charge >= 0.3 is 0 Å². The van der Waals surface area contributed by atoms with E-state index in [2.05, 4.69) is 6.58 Å². The van der Waals surface area contributed by atoms with Crippen molar-refractivity contribution in [1.29, 1.82) is 0 Å². The molecule has 1 aromatic rings. The number of carbonyl (C=O) groups excluding carboxylic acids is 1. The highest BCUT2D eigenvalue weighted by atomic mass is 32.2. The number of nitrogens with zero attached hydrogens (tertiary/aromatic N) is 2. The summed E-state index contributed by atoms with van der Waals surface area (Å²) in [7, 11) is -5.63. The van der Waals surface area contributed by atoms with Gasteiger partial charge in [0.15, 0.2) is 9.84 Å². The first-order chi connectivity index (χ1) is 14.7. The predicted octanol–water partition coefficient (Wildman–Crippen LogP) is 1.83. The summed E-state index contributed by atoms with van der Waals surface area (Å²) in [5, 5.41) is 0. The summed E-state index contributed by atoms with van der Waals surface area (Å²) in [6.07, 6.45) is 5.43. The number of ether oxygens (including phenoxy) is 1. The Bertz CT molecular complexity index is 999. The van der Waals surface area contributed by atoms with Gasteiger partial charge in [-0.2, -0.15) is 4.31 Å². The molecule has 31 heavy (non-hydrogen) atoms. The van der Waals surface area contributed by atoms with Crippen molar-refractivity contribution in [3.05, 3.63) is 36.9 Å². The molecule has 3 rings (SSSR count). The van der Waals surface area contributed by atoms with Crippen molar-refractivity contribution in [1.82, 2.24) is 9.21 Å². The van der Waals surface area contributed by atoms with Crippen LogP contribution in [0.3, 0.4) is 0 Å². The lowest BCUT2D eigenvalue weighted by molar-refractivity contribution is -0.135. The number of hydrogen-bond acceptors (Lipinski definition) is 6. The van der Waals surface area contributed by atoms with Gasteiger partial charge in [0, 0.05) is 18.6 Å². The zero-order valence-corrected chi connectivity index (χ0v) is 19.4. The van der Waals surface area contributed by atoms with E-state index in [9.17, 15) is 21.6 Å². The van der Waals surface area contributed by atoms with Crippen molar-refractivity contribution >= 4 is 25.8 Å². The molecule has 1 saturated carbocycles. The molecule has 172 valence electrons. The molecular formula is C21H30N2O6S2. The molecule has 2 aliphatic rings. The maximum Gasteiger partial charge on any atom is 0.243 e. The molecule has 0 aromatic heterocycles. The molecule has 1 saturated heterocycles. The largest absolute Gasteiger partial charge is 0.497 e. The average molecular weight is 471 g/mol. The fourth-order valence-corrected chi connectivity index (χ4v) is 7.48. The fourth-order valence-electron chi connectivity index (χ4n) is 4.40. The highest BCUT2D eigenvalue weighted by molar-refractivity contribution is 7.91. The third-order valence-electron chi connectivity index (χ3n) is 5.95. The van der Waals surface area contributed by atoms with Crippen molar-refractivity contribution < 1.29 is 26.4 Å². The number of benzene rings is 1. The van der Waals surface area contributed by atoms with E-state index in [0.717, 1.165) is 30.0 Å². The van der Waals surface area contributed by atoms with Crippen LogP contribution in [0.25, 0.3) is 0 Å². The molecular weight excluding hydrogens is 440 g/mol. The second kappa shape index (κ2) is 9.70. The molecule has 10 heteroatoms. The van der Waals surface area contributed by atoms with Crippen LogP contribution in [0.1, 0.15) is 32.1 Å². The predicted molar refractivity (Wildman–Crippen MR) is 118 cm³/mol. The Hall–Kier alpha value is -1.91. The van der Waals surface area contributed by atoms with Gasteiger partial charge in [-0.3, -0.25) is 4.79 Å². The van der Waals surface area contributed by atoms with Crippen LogP contribution in [0.15, 0.2) is 41.8 Å². The van der Waals surface area contributed by atoms with Crippen LogP contribution in [-0.2, 0) is 24.7 Å². The van der Waals surface area contributed by atoms with E-state index in [4.69, 9.17) is 4.74 Å². The quantitative estimate of drug-likeness (QED) is 0.511. The number of methoxy groups -OCH3 is 1. The van der Waals surface area contributed by atoms with Gasteiger partial charge in [0.25, 0.3) is 0 Å². The van der Waals surface area contributed by atoms with E-state index in [-0.39, 0.29) is 41.4 Å². The van der Waals surface area contributed by atoms with E-state index in [0.29, 0.717) is 12.2 Å². The van der Waals surface area contributed by atoms with Crippen LogP contribution < -0.4 is 4.74 Å². The monoisotopic (exact) mass is 470 g/mol. The maximum atomic E-state index is 13.4. The second-order valence-corrected chi connectivity index (χ2v) is 12.2. The first kappa shape index (κ1) is 23.7. The number of rotatable bonds is 9. The summed E-state index contributed by atoms with van der Waals surface area (Å²) in [4.78, 5) is 15.1. The molecule has 0 radical (unpaired) electrons. The summed E-state index contributed by atoms with van der Waals surface area (Å²) >= 11 is 0. The number of amides is 1. The summed E-state index contributed by atoms with van der Waals surface area (Å²) in [6, 6.07) is 5.54. The normalized spacial score (nSPS) is 21.3. The Morgan fingerprint density at radius 1 is 1.16 bits per heavy atom. The average Bonchev–Trinajstić information content (AvgIpc) is 3.38. The minimum atomic E-state index is -3.95. The third-order valence-corrected chi connectivity index (χ3v) is 9.53. The first-order valence-electron chi connectivity index (χ1n) is 10.4. The zero-order valence-electron chi connectivity index (χ0n) is 17.8. The minimum Gasteiger partial charge on any atom is -0.497 e. The van der Waals surface area contributed by atoms with Crippen LogP contribution in [0, 0.1) is 0 Å². The van der Waals surface area contributed by atoms with Crippen LogP contribution in [0.5, 0.6) is 5.75 Å². The number of hydrogen-bond donors (Lipinski definition) is 0. The number of sulfone groups is 1. The van der Waals surface area contributed by atoms with Gasteiger partial charge in [-0.25, -0.2) is 16.8 Å². The first-order valence-corrected chi connectivity index (χ1v) is 13.7. The molecule has 2 fully saturated rings. The lowest BCUT2D eigenvalue weighted by Crippen LogP contribution is -2.51. The Morgan fingerprint density at radius 3 is 2.32 bits per heavy atom. The van der Waals surface area contributed by atoms with Gasteiger partial charge in [-0.05, 0) is 43.5 Å². The second-order valence-electron chi connectivity index (χ2n) is 8.06. The molecule has 8 nitrogen and oxygen atoms in total. The lowest BCUT2D eigenvalue weighted by Gasteiger charge is -2.35. The summed E-state index contributed by atoms with van der Waals surface area (Å²) in [6.45, 7) is 3.25. The molecule has 1 atom stereocenters. The highest BCUT2D eigenvalue weighted by Crippen LogP contribution is 2.30. The Morgan fingerprint density at radius 2 is 1.81 bits per heavy atom. The van der Waals surface area contributed by atoms with E-state index >= 15 is 0 Å². The van der Waals surface area contributed by atoms with E-state index in [1.165, 1.54) is 25.3 Å². The fraction of sp³-hybridized carbons (Fsp3) is 0.571. The molecule has 0 N–H and O–H groups in total. The van der Waals surface area contributed by atoms with Crippen LogP contribution in [0.2, 0.25) is 0 Å². The molecule has 1 aromatic carbocycles. The SMILES string of the molecule is C=CCN(CC(=O)N(C1CCCC1)C1CCS(=O)(=O)C1)S(=O)(=O)c1ccc(OC)cc1. The van der Waals surface area contributed by atoms with Gasteiger partial charge < -0.3 is 9.64 Å². The molecule has 1 unspecified atom stereocenters. The van der Waals surface area contributed by atoms with Crippen LogP contribution in [0.4, 0.5) is 0 Å². The molecule has 0 spiro atoms. The van der Waals surface area contributed by atoms with Crippen LogP contribution >= 0.6 is 0 Å². The van der Waals surface area contributed by atoms with Gasteiger partial charge in [-0.15, -0.1) is 6.58 Å². The van der Waals surface area contributed by atoms with Gasteiger partial charge in [0.2, 0.25) is 15.9 Å². The number of carbonyl (C=O) groups is 1. The topological polar surface area (TPSA) is 101 Å². The minimum absolute atomic E-state index is 0.0262. The third kappa shape index (κ3) is 5.48. The Kier molecular flexibility index (Phi) is 7.43. The summed E-state index contributed by atoms with van der Waals surface area (Å²) < 4.78 is 56.6. The Labute approximate surface area is 184 Å². The van der Waals surface area contributed by atoms with E-state index < -0.39 is 25.9 Å². The standard InChI is InChI=1S/C21H30N2O6S2/c1-3-13-22(31(27,28)20-10-8-19(29-2)9-11-20)15-21(24)23(17-6-4-5-7-17)18-12-14-30(25,26)16-18/h3,8-11,17-18H,1,4-7,12-16H2,2H3. The van der Waals surface area contributed by atoms with Gasteiger partial charge in [0.1, 0.15) is 5.75 Å². The smallest absolute Gasteiger partial charge is 0.243 e. The highest BCUT2D eigenvalue weighted by Gasteiger charge is 2.40. The zero-order chi connectivity index (χ0) is 22.6. The molecule has 1 heterocycles. The molecule has 1 amide bonds. The van der Waals surface area contributed by atoms with Crippen molar-refractivity contribution in [2.75, 3.05) is 31.7 Å². The molecule has 1 aliphatic carbocycles. The van der Waals surface area contributed by atoms with E-state index in [1.807, 2.05) is 0 Å². The van der Waals surface area contributed by atoms with Crippen molar-refractivity contribution in [3.63, 3.8) is 0 Å². The summed E-state index contributed by atoms with van der Waals surface area (Å²) in [5.41, 5.74) is 0. The van der Waals surface area contributed by atoms with E-state index in [1.54, 1.807) is 17.0 Å². The maximum absolute atomic E-state index is 13.4. The molecule has 1 aliphatic heterocycles. The summed E-state index contributed by atoms with van der Waals surface area (Å²) in [5.74, 6) is 0.185. The van der Waals surface area contributed by atoms with Crippen molar-refractivity contribution in [2.24, 2.45) is 0 Å². The molecule has 0 bridgehead atoms. The lowest BCUT2D eigenvalue weighted by atomic mass is 10.1.